The van der Waals surface area contributed by atoms with E-state index in [1.807, 2.05) is 38.1 Å². The van der Waals surface area contributed by atoms with Crippen molar-refractivity contribution >= 4 is 18.0 Å². The lowest BCUT2D eigenvalue weighted by molar-refractivity contribution is -0.141. The zero-order chi connectivity index (χ0) is 24.8. The molecule has 3 rings (SSSR count). The Bertz CT molecular complexity index is 992. The molecule has 7 heteroatoms. The van der Waals surface area contributed by atoms with Crippen molar-refractivity contribution < 1.29 is 24.2 Å². The second-order valence-corrected chi connectivity index (χ2v) is 8.90. The summed E-state index contributed by atoms with van der Waals surface area (Å²) >= 11 is 0. The van der Waals surface area contributed by atoms with Gasteiger partial charge in [-0.2, -0.15) is 0 Å². The maximum Gasteiger partial charge on any atom is 0.407 e. The molecule has 2 aromatic rings. The van der Waals surface area contributed by atoms with Crippen molar-refractivity contribution in [2.75, 3.05) is 13.2 Å². The van der Waals surface area contributed by atoms with Crippen LogP contribution in [0.15, 0.2) is 48.5 Å². The molecule has 182 valence electrons. The molecule has 0 aromatic heterocycles. The van der Waals surface area contributed by atoms with Crippen LogP contribution in [0.2, 0.25) is 0 Å². The van der Waals surface area contributed by atoms with Gasteiger partial charge in [0.1, 0.15) is 12.6 Å². The number of benzene rings is 2. The van der Waals surface area contributed by atoms with Crippen LogP contribution in [0.1, 0.15) is 57.6 Å². The number of carbonyl (C=O) groups is 3. The summed E-state index contributed by atoms with van der Waals surface area (Å²) in [5.41, 5.74) is 4.52. The van der Waals surface area contributed by atoms with Crippen molar-refractivity contribution in [1.82, 2.24) is 10.2 Å². The molecule has 2 amide bonds. The highest BCUT2D eigenvalue weighted by atomic mass is 16.5. The molecule has 0 heterocycles. The van der Waals surface area contributed by atoms with Crippen LogP contribution in [0.3, 0.4) is 0 Å². The van der Waals surface area contributed by atoms with Crippen LogP contribution in [0, 0.1) is 5.92 Å². The molecule has 3 atom stereocenters. The van der Waals surface area contributed by atoms with Gasteiger partial charge in [-0.15, -0.1) is 0 Å². The van der Waals surface area contributed by atoms with E-state index >= 15 is 0 Å². The number of amides is 2. The molecule has 34 heavy (non-hydrogen) atoms. The van der Waals surface area contributed by atoms with Gasteiger partial charge in [0.2, 0.25) is 5.91 Å². The number of alkyl carbamates (subject to hydrolysis) is 1. The van der Waals surface area contributed by atoms with Crippen LogP contribution in [0.4, 0.5) is 4.79 Å². The van der Waals surface area contributed by atoms with Crippen LogP contribution in [-0.2, 0) is 14.3 Å². The van der Waals surface area contributed by atoms with E-state index in [1.54, 1.807) is 13.8 Å². The Morgan fingerprint density at radius 3 is 2.06 bits per heavy atom. The number of nitrogens with zero attached hydrogens (tertiary/aromatic N) is 1. The van der Waals surface area contributed by atoms with Gasteiger partial charge in [0, 0.05) is 18.5 Å². The molecule has 0 bridgehead atoms. The van der Waals surface area contributed by atoms with Gasteiger partial charge in [-0.1, -0.05) is 68.8 Å². The first-order valence-corrected chi connectivity index (χ1v) is 11.9. The topological polar surface area (TPSA) is 95.9 Å². The molecule has 7 nitrogen and oxygen atoms in total. The Hall–Kier alpha value is -3.35. The summed E-state index contributed by atoms with van der Waals surface area (Å²) < 4.78 is 5.64. The van der Waals surface area contributed by atoms with Gasteiger partial charge in [0.25, 0.3) is 0 Å². The van der Waals surface area contributed by atoms with Crippen LogP contribution < -0.4 is 5.32 Å². The zero-order valence-electron chi connectivity index (χ0n) is 20.3. The van der Waals surface area contributed by atoms with E-state index in [0.717, 1.165) is 22.3 Å². The lowest BCUT2D eigenvalue weighted by Crippen LogP contribution is -2.54. The zero-order valence-corrected chi connectivity index (χ0v) is 20.3. The van der Waals surface area contributed by atoms with E-state index in [1.165, 1.54) is 4.90 Å². The number of hydrogen-bond acceptors (Lipinski definition) is 4. The molecule has 0 saturated heterocycles. The highest BCUT2D eigenvalue weighted by molar-refractivity contribution is 5.86. The van der Waals surface area contributed by atoms with Gasteiger partial charge in [0.15, 0.2) is 0 Å². The molecule has 0 fully saturated rings. The number of rotatable bonds is 10. The first-order chi connectivity index (χ1) is 16.3. The quantitative estimate of drug-likeness (QED) is 0.531. The standard InChI is InChI=1S/C27H34N2O5/c1-5-17(3)25(26(32)29(6-2)18(4)15-24(30)31)28-27(33)34-16-23-21-13-9-7-11-19(21)20-12-8-10-14-22(20)23/h7-14,17-18,23,25H,5-6,15-16H2,1-4H3,(H,28,33)(H,30,31). The summed E-state index contributed by atoms with van der Waals surface area (Å²) in [4.78, 5) is 38.8. The minimum Gasteiger partial charge on any atom is -0.481 e. The second kappa shape index (κ2) is 11.2. The number of nitrogens with one attached hydrogen (secondary N) is 1. The van der Waals surface area contributed by atoms with Crippen molar-refractivity contribution in [2.45, 2.75) is 58.5 Å². The summed E-state index contributed by atoms with van der Waals surface area (Å²) in [6.45, 7) is 7.86. The maximum absolute atomic E-state index is 13.3. The van der Waals surface area contributed by atoms with E-state index in [-0.39, 0.29) is 30.8 Å². The summed E-state index contributed by atoms with van der Waals surface area (Å²) in [7, 11) is 0. The summed E-state index contributed by atoms with van der Waals surface area (Å²) in [6.07, 6.45) is -0.134. The Balaban J connectivity index is 1.71. The summed E-state index contributed by atoms with van der Waals surface area (Å²) in [5, 5.41) is 11.9. The van der Waals surface area contributed by atoms with Crippen LogP contribution in [0.25, 0.3) is 11.1 Å². The third-order valence-corrected chi connectivity index (χ3v) is 6.72. The average Bonchev–Trinajstić information content (AvgIpc) is 3.14. The van der Waals surface area contributed by atoms with Crippen LogP contribution in [-0.4, -0.2) is 53.2 Å². The van der Waals surface area contributed by atoms with E-state index in [4.69, 9.17) is 9.84 Å². The van der Waals surface area contributed by atoms with E-state index < -0.39 is 24.1 Å². The first kappa shape index (κ1) is 25.3. The molecule has 0 radical (unpaired) electrons. The molecule has 0 spiro atoms. The number of likely N-dealkylation sites (N-methyl/N-ethyl adjacent to an activating group) is 1. The normalized spacial score (nSPS) is 14.9. The van der Waals surface area contributed by atoms with Crippen LogP contribution >= 0.6 is 0 Å². The molecule has 0 aliphatic heterocycles. The van der Waals surface area contributed by atoms with Crippen molar-refractivity contribution in [3.63, 3.8) is 0 Å². The van der Waals surface area contributed by atoms with Crippen LogP contribution in [0.5, 0.6) is 0 Å². The fourth-order valence-corrected chi connectivity index (χ4v) is 4.68. The molecule has 1 aliphatic carbocycles. The predicted octanol–water partition coefficient (Wildman–Crippen LogP) is 4.65. The van der Waals surface area contributed by atoms with E-state index in [9.17, 15) is 14.4 Å². The highest BCUT2D eigenvalue weighted by Gasteiger charge is 2.34. The Kier molecular flexibility index (Phi) is 8.31. The number of aliphatic carboxylic acids is 1. The van der Waals surface area contributed by atoms with Gasteiger partial charge >= 0.3 is 12.1 Å². The Morgan fingerprint density at radius 2 is 1.56 bits per heavy atom. The smallest absolute Gasteiger partial charge is 0.407 e. The highest BCUT2D eigenvalue weighted by Crippen LogP contribution is 2.44. The molecule has 0 saturated carbocycles. The van der Waals surface area contributed by atoms with Crippen molar-refractivity contribution in [3.8, 4) is 11.1 Å². The van der Waals surface area contributed by atoms with Gasteiger partial charge in [-0.25, -0.2) is 4.79 Å². The number of ether oxygens (including phenoxy) is 1. The number of carboxylic acids is 1. The predicted molar refractivity (Wildman–Crippen MR) is 131 cm³/mol. The first-order valence-electron chi connectivity index (χ1n) is 11.9. The lowest BCUT2D eigenvalue weighted by atomic mass is 9.97. The van der Waals surface area contributed by atoms with Crippen molar-refractivity contribution in [2.24, 2.45) is 5.92 Å². The van der Waals surface area contributed by atoms with Gasteiger partial charge < -0.3 is 20.1 Å². The van der Waals surface area contributed by atoms with E-state index in [2.05, 4.69) is 29.6 Å². The molecule has 3 unspecified atom stereocenters. The monoisotopic (exact) mass is 466 g/mol. The minimum absolute atomic E-state index is 0.0707. The summed E-state index contributed by atoms with van der Waals surface area (Å²) in [6, 6.07) is 14.9. The molecular weight excluding hydrogens is 432 g/mol. The minimum atomic E-state index is -0.969. The molecular formula is C27H34N2O5. The summed E-state index contributed by atoms with van der Waals surface area (Å²) in [5.74, 6) is -1.47. The Labute approximate surface area is 201 Å². The van der Waals surface area contributed by atoms with Crippen molar-refractivity contribution in [1.29, 1.82) is 0 Å². The second-order valence-electron chi connectivity index (χ2n) is 8.90. The molecule has 2 N–H and O–H groups in total. The maximum atomic E-state index is 13.3. The third-order valence-electron chi connectivity index (χ3n) is 6.72. The van der Waals surface area contributed by atoms with Gasteiger partial charge in [0.05, 0.1) is 6.42 Å². The fraction of sp³-hybridized carbons (Fsp3) is 0.444. The Morgan fingerprint density at radius 1 is 1.00 bits per heavy atom. The number of carboxylic acid groups (broad SMARTS) is 1. The number of carbonyl (C=O) groups excluding carboxylic acids is 2. The number of hydrogen-bond donors (Lipinski definition) is 2. The largest absolute Gasteiger partial charge is 0.481 e. The molecule has 2 aromatic carbocycles. The fourth-order valence-electron chi connectivity index (χ4n) is 4.68. The average molecular weight is 467 g/mol. The SMILES string of the molecule is CCC(C)C(NC(=O)OCC1c2ccccc2-c2ccccc21)C(=O)N(CC)C(C)CC(=O)O. The van der Waals surface area contributed by atoms with Gasteiger partial charge in [-0.05, 0) is 42.0 Å². The number of fused-ring (bicyclic) bond motifs is 3. The van der Waals surface area contributed by atoms with Crippen molar-refractivity contribution in [3.05, 3.63) is 59.7 Å². The molecule has 1 aliphatic rings. The third kappa shape index (κ3) is 5.41. The van der Waals surface area contributed by atoms with Gasteiger partial charge in [-0.3, -0.25) is 9.59 Å². The lowest BCUT2D eigenvalue weighted by Gasteiger charge is -2.33. The van der Waals surface area contributed by atoms with E-state index in [0.29, 0.717) is 13.0 Å².